The Morgan fingerprint density at radius 2 is 2.20 bits per heavy atom. The quantitative estimate of drug-likeness (QED) is 0.733. The standard InChI is InChI=1S/C17H22N6O2/c1-3-13-19-20-14-5-4-12(10-23(13)14)8-18-9-15-21-22-17(25-15)16-11(2)6-7-24-16/h6-7,12,18H,3-5,8-10H2,1-2H3. The lowest BCUT2D eigenvalue weighted by Gasteiger charge is -2.24. The lowest BCUT2D eigenvalue weighted by atomic mass is 9.99. The molecule has 1 atom stereocenters. The number of nitrogens with zero attached hydrogens (tertiary/aromatic N) is 5. The number of fused-ring (bicyclic) bond motifs is 1. The Labute approximate surface area is 145 Å². The van der Waals surface area contributed by atoms with Crippen LogP contribution >= 0.6 is 0 Å². The van der Waals surface area contributed by atoms with Crippen LogP contribution in [0.2, 0.25) is 0 Å². The number of aromatic nitrogens is 5. The van der Waals surface area contributed by atoms with Crippen molar-refractivity contribution in [2.75, 3.05) is 6.54 Å². The van der Waals surface area contributed by atoms with Crippen molar-refractivity contribution in [3.63, 3.8) is 0 Å². The summed E-state index contributed by atoms with van der Waals surface area (Å²) >= 11 is 0. The van der Waals surface area contributed by atoms with Gasteiger partial charge in [0.25, 0.3) is 5.89 Å². The van der Waals surface area contributed by atoms with Crippen molar-refractivity contribution in [1.29, 1.82) is 0 Å². The van der Waals surface area contributed by atoms with E-state index in [1.165, 1.54) is 0 Å². The molecule has 3 aromatic heterocycles. The number of hydrogen-bond acceptors (Lipinski definition) is 7. The fourth-order valence-electron chi connectivity index (χ4n) is 3.27. The molecule has 1 aliphatic heterocycles. The van der Waals surface area contributed by atoms with Crippen LogP contribution in [0.15, 0.2) is 21.2 Å². The minimum absolute atomic E-state index is 0.429. The smallest absolute Gasteiger partial charge is 0.283 e. The van der Waals surface area contributed by atoms with E-state index < -0.39 is 0 Å². The molecule has 0 saturated heterocycles. The predicted octanol–water partition coefficient (Wildman–Crippen LogP) is 2.14. The van der Waals surface area contributed by atoms with Crippen molar-refractivity contribution in [3.8, 4) is 11.7 Å². The number of rotatable bonds is 6. The second kappa shape index (κ2) is 6.79. The van der Waals surface area contributed by atoms with Crippen LogP contribution in [0.5, 0.6) is 0 Å². The highest BCUT2D eigenvalue weighted by molar-refractivity contribution is 5.49. The Morgan fingerprint density at radius 1 is 1.28 bits per heavy atom. The van der Waals surface area contributed by atoms with Crippen molar-refractivity contribution < 1.29 is 8.83 Å². The van der Waals surface area contributed by atoms with Crippen LogP contribution in [-0.4, -0.2) is 31.5 Å². The Balaban J connectivity index is 1.32. The zero-order valence-electron chi connectivity index (χ0n) is 14.5. The van der Waals surface area contributed by atoms with Crippen molar-refractivity contribution >= 4 is 0 Å². The van der Waals surface area contributed by atoms with Gasteiger partial charge in [0, 0.05) is 31.5 Å². The highest BCUT2D eigenvalue weighted by Gasteiger charge is 2.22. The van der Waals surface area contributed by atoms with Gasteiger partial charge in [0.05, 0.1) is 12.8 Å². The average molecular weight is 342 g/mol. The highest BCUT2D eigenvalue weighted by atomic mass is 16.4. The fraction of sp³-hybridized carbons (Fsp3) is 0.529. The zero-order valence-corrected chi connectivity index (χ0v) is 14.5. The van der Waals surface area contributed by atoms with Crippen LogP contribution in [0, 0.1) is 12.8 Å². The summed E-state index contributed by atoms with van der Waals surface area (Å²) in [7, 11) is 0. The molecule has 0 aliphatic carbocycles. The third kappa shape index (κ3) is 3.21. The largest absolute Gasteiger partial charge is 0.459 e. The Kier molecular flexibility index (Phi) is 4.35. The Bertz CT molecular complexity index is 836. The monoisotopic (exact) mass is 342 g/mol. The molecule has 4 heterocycles. The molecule has 0 aromatic carbocycles. The fourth-order valence-corrected chi connectivity index (χ4v) is 3.27. The van der Waals surface area contributed by atoms with Crippen molar-refractivity contribution in [1.82, 2.24) is 30.3 Å². The molecule has 8 heteroatoms. The summed E-state index contributed by atoms with van der Waals surface area (Å²) in [4.78, 5) is 0. The van der Waals surface area contributed by atoms with Crippen LogP contribution in [-0.2, 0) is 25.9 Å². The van der Waals surface area contributed by atoms with E-state index in [0.717, 1.165) is 49.6 Å². The van der Waals surface area contributed by atoms with Crippen LogP contribution < -0.4 is 5.32 Å². The lowest BCUT2D eigenvalue weighted by molar-refractivity contribution is 0.335. The first-order valence-electron chi connectivity index (χ1n) is 8.73. The summed E-state index contributed by atoms with van der Waals surface area (Å²) in [6.07, 6.45) is 4.65. The van der Waals surface area contributed by atoms with E-state index >= 15 is 0 Å². The normalized spacial score (nSPS) is 17.0. The molecule has 25 heavy (non-hydrogen) atoms. The number of aryl methyl sites for hydroxylation is 3. The average Bonchev–Trinajstić information content (AvgIpc) is 3.33. The molecule has 3 aromatic rings. The topological polar surface area (TPSA) is 94.8 Å². The first kappa shape index (κ1) is 16.0. The van der Waals surface area contributed by atoms with Gasteiger partial charge in [0.1, 0.15) is 11.6 Å². The molecular weight excluding hydrogens is 320 g/mol. The van der Waals surface area contributed by atoms with Crippen molar-refractivity contribution in [2.45, 2.75) is 46.2 Å². The van der Waals surface area contributed by atoms with E-state index in [4.69, 9.17) is 8.83 Å². The first-order chi connectivity index (χ1) is 12.2. The number of furan rings is 1. The molecule has 0 bridgehead atoms. The van der Waals surface area contributed by atoms with Gasteiger partial charge in [-0.2, -0.15) is 0 Å². The van der Waals surface area contributed by atoms with Crippen molar-refractivity contribution in [2.24, 2.45) is 5.92 Å². The van der Waals surface area contributed by atoms with Gasteiger partial charge in [-0.3, -0.25) is 0 Å². The van der Waals surface area contributed by atoms with E-state index in [2.05, 4.69) is 37.2 Å². The Morgan fingerprint density at radius 3 is 3.00 bits per heavy atom. The summed E-state index contributed by atoms with van der Waals surface area (Å²) in [5.41, 5.74) is 0.988. The van der Waals surface area contributed by atoms with Crippen molar-refractivity contribution in [3.05, 3.63) is 35.4 Å². The third-order valence-corrected chi connectivity index (χ3v) is 4.67. The van der Waals surface area contributed by atoms with Gasteiger partial charge >= 0.3 is 0 Å². The van der Waals surface area contributed by atoms with Gasteiger partial charge in [-0.1, -0.05) is 6.92 Å². The Hall–Kier alpha value is -2.48. The van der Waals surface area contributed by atoms with E-state index in [1.54, 1.807) is 6.26 Å². The van der Waals surface area contributed by atoms with Crippen LogP contribution in [0.3, 0.4) is 0 Å². The van der Waals surface area contributed by atoms with Gasteiger partial charge in [0.15, 0.2) is 5.76 Å². The van der Waals surface area contributed by atoms with Gasteiger partial charge < -0.3 is 18.7 Å². The van der Waals surface area contributed by atoms with Gasteiger partial charge in [0.2, 0.25) is 5.89 Å². The van der Waals surface area contributed by atoms with Crippen LogP contribution in [0.4, 0.5) is 0 Å². The molecule has 8 nitrogen and oxygen atoms in total. The molecule has 0 fully saturated rings. The zero-order chi connectivity index (χ0) is 17.2. The second-order valence-corrected chi connectivity index (χ2v) is 6.47. The molecular formula is C17H22N6O2. The summed E-state index contributed by atoms with van der Waals surface area (Å²) in [6, 6.07) is 1.88. The molecule has 1 aliphatic rings. The second-order valence-electron chi connectivity index (χ2n) is 6.47. The van der Waals surface area contributed by atoms with Gasteiger partial charge in [-0.15, -0.1) is 20.4 Å². The maximum Gasteiger partial charge on any atom is 0.283 e. The van der Waals surface area contributed by atoms with E-state index in [-0.39, 0.29) is 0 Å². The molecule has 1 N–H and O–H groups in total. The summed E-state index contributed by atoms with van der Waals surface area (Å²) in [5, 5.41) is 20.1. The predicted molar refractivity (Wildman–Crippen MR) is 89.7 cm³/mol. The number of hydrogen-bond donors (Lipinski definition) is 1. The van der Waals surface area contributed by atoms with E-state index in [9.17, 15) is 0 Å². The van der Waals surface area contributed by atoms with E-state index in [0.29, 0.717) is 30.0 Å². The van der Waals surface area contributed by atoms with Gasteiger partial charge in [-0.05, 0) is 25.3 Å². The summed E-state index contributed by atoms with van der Waals surface area (Å²) < 4.78 is 13.3. The minimum Gasteiger partial charge on any atom is -0.459 e. The molecule has 4 rings (SSSR count). The molecule has 132 valence electrons. The summed E-state index contributed by atoms with van der Waals surface area (Å²) in [5.74, 6) is 4.39. The molecule has 1 unspecified atom stereocenters. The molecule has 0 spiro atoms. The van der Waals surface area contributed by atoms with Crippen LogP contribution in [0.25, 0.3) is 11.7 Å². The minimum atomic E-state index is 0.429. The van der Waals surface area contributed by atoms with E-state index in [1.807, 2.05) is 13.0 Å². The summed E-state index contributed by atoms with van der Waals surface area (Å²) in [6.45, 7) is 6.50. The maximum atomic E-state index is 5.67. The number of nitrogens with one attached hydrogen (secondary N) is 1. The van der Waals surface area contributed by atoms with Crippen LogP contribution in [0.1, 0.15) is 36.4 Å². The molecule has 0 amide bonds. The van der Waals surface area contributed by atoms with Gasteiger partial charge in [-0.25, -0.2) is 0 Å². The molecule has 0 radical (unpaired) electrons. The highest BCUT2D eigenvalue weighted by Crippen LogP contribution is 2.23. The third-order valence-electron chi connectivity index (χ3n) is 4.67. The molecule has 0 saturated carbocycles. The first-order valence-corrected chi connectivity index (χ1v) is 8.73. The lowest BCUT2D eigenvalue weighted by Crippen LogP contribution is -2.30. The SMILES string of the molecule is CCc1nnc2n1CC(CNCc1nnc(-c3occc3C)o1)CC2. The maximum absolute atomic E-state index is 5.67.